The van der Waals surface area contributed by atoms with Gasteiger partial charge in [0.2, 0.25) is 0 Å². The van der Waals surface area contributed by atoms with Gasteiger partial charge in [0, 0.05) is 23.1 Å². The molecule has 2 aromatic rings. The van der Waals surface area contributed by atoms with Gasteiger partial charge in [-0.25, -0.2) is 9.59 Å². The summed E-state index contributed by atoms with van der Waals surface area (Å²) in [4.78, 5) is 23.3. The van der Waals surface area contributed by atoms with E-state index < -0.39 is 11.6 Å². The average molecular weight is 298 g/mol. The van der Waals surface area contributed by atoms with Crippen LogP contribution in [0.2, 0.25) is 0 Å². The fraction of sp³-hybridized carbons (Fsp3) is 0.222. The van der Waals surface area contributed by atoms with Crippen LogP contribution in [-0.4, -0.2) is 5.97 Å². The molecule has 0 N–H and O–H groups in total. The van der Waals surface area contributed by atoms with Gasteiger partial charge in [0.05, 0.1) is 0 Å². The van der Waals surface area contributed by atoms with E-state index in [1.54, 1.807) is 12.2 Å². The van der Waals surface area contributed by atoms with Crippen molar-refractivity contribution in [3.63, 3.8) is 0 Å². The van der Waals surface area contributed by atoms with E-state index in [1.807, 2.05) is 39.0 Å². The molecule has 0 amide bonds. The van der Waals surface area contributed by atoms with Crippen LogP contribution in [0.1, 0.15) is 23.6 Å². The Kier molecular flexibility index (Phi) is 4.94. The Balaban J connectivity index is 2.30. The summed E-state index contributed by atoms with van der Waals surface area (Å²) >= 11 is 0. The van der Waals surface area contributed by atoms with Crippen LogP contribution in [0.15, 0.2) is 51.7 Å². The van der Waals surface area contributed by atoms with Gasteiger partial charge in [-0.05, 0) is 31.9 Å². The van der Waals surface area contributed by atoms with Crippen molar-refractivity contribution in [3.8, 4) is 0 Å². The van der Waals surface area contributed by atoms with Crippen molar-refractivity contribution in [1.29, 1.82) is 0 Å². The topological polar surface area (TPSA) is 56.5 Å². The van der Waals surface area contributed by atoms with E-state index in [2.05, 4.69) is 0 Å². The quantitative estimate of drug-likeness (QED) is 0.374. The number of carbonyl (C=O) groups excluding carboxylic acids is 1. The number of hydrogen-bond donors (Lipinski definition) is 0. The number of fused-ring (bicyclic) bond motifs is 1. The standard InChI is InChI=1S/C18H18O4/c1-4-5-6-7-16(19)21-11-14-10-17(20)22-18-13(3)12(2)8-9-15(14)18/h4-10H,11H2,1-3H3/b5-4+,7-6+. The molecule has 2 rings (SSSR count). The van der Waals surface area contributed by atoms with Gasteiger partial charge < -0.3 is 9.15 Å². The summed E-state index contributed by atoms with van der Waals surface area (Å²) in [5.74, 6) is -0.455. The van der Waals surface area contributed by atoms with Crippen LogP contribution >= 0.6 is 0 Å². The summed E-state index contributed by atoms with van der Waals surface area (Å²) in [6.45, 7) is 5.74. The van der Waals surface area contributed by atoms with Gasteiger partial charge >= 0.3 is 11.6 Å². The number of esters is 1. The van der Waals surface area contributed by atoms with Crippen LogP contribution < -0.4 is 5.63 Å². The first-order valence-electron chi connectivity index (χ1n) is 7.02. The third-order valence-electron chi connectivity index (χ3n) is 3.42. The minimum absolute atomic E-state index is 0.0314. The van der Waals surface area contributed by atoms with Crippen LogP contribution in [0.3, 0.4) is 0 Å². The molecule has 0 atom stereocenters. The third-order valence-corrected chi connectivity index (χ3v) is 3.42. The normalized spacial score (nSPS) is 11.6. The van der Waals surface area contributed by atoms with E-state index in [0.29, 0.717) is 11.1 Å². The predicted molar refractivity (Wildman–Crippen MR) is 85.7 cm³/mol. The van der Waals surface area contributed by atoms with Crippen LogP contribution in [0.25, 0.3) is 11.0 Å². The van der Waals surface area contributed by atoms with Gasteiger partial charge in [-0.15, -0.1) is 0 Å². The molecule has 4 nitrogen and oxygen atoms in total. The fourth-order valence-electron chi connectivity index (χ4n) is 2.09. The van der Waals surface area contributed by atoms with E-state index in [-0.39, 0.29) is 6.61 Å². The highest BCUT2D eigenvalue weighted by molar-refractivity contribution is 5.85. The minimum atomic E-state index is -0.455. The fourth-order valence-corrected chi connectivity index (χ4v) is 2.09. The molecule has 0 aliphatic heterocycles. The lowest BCUT2D eigenvalue weighted by Crippen LogP contribution is -2.06. The summed E-state index contributed by atoms with van der Waals surface area (Å²) in [7, 11) is 0. The van der Waals surface area contributed by atoms with E-state index in [0.717, 1.165) is 16.5 Å². The van der Waals surface area contributed by atoms with Crippen LogP contribution in [0.5, 0.6) is 0 Å². The van der Waals surface area contributed by atoms with Gasteiger partial charge in [0.25, 0.3) is 0 Å². The Morgan fingerprint density at radius 1 is 1.27 bits per heavy atom. The molecule has 0 unspecified atom stereocenters. The molecule has 0 fully saturated rings. The molecule has 1 heterocycles. The second-order valence-electron chi connectivity index (χ2n) is 4.97. The summed E-state index contributed by atoms with van der Waals surface area (Å²) in [5, 5.41) is 0.785. The van der Waals surface area contributed by atoms with Crippen molar-refractivity contribution in [2.24, 2.45) is 0 Å². The van der Waals surface area contributed by atoms with Crippen molar-refractivity contribution in [2.75, 3.05) is 0 Å². The monoisotopic (exact) mass is 298 g/mol. The molecule has 4 heteroatoms. The summed E-state index contributed by atoms with van der Waals surface area (Å²) < 4.78 is 10.4. The highest BCUT2D eigenvalue weighted by Gasteiger charge is 2.10. The van der Waals surface area contributed by atoms with E-state index >= 15 is 0 Å². The third kappa shape index (κ3) is 3.52. The maximum atomic E-state index is 11.7. The molecule has 114 valence electrons. The van der Waals surface area contributed by atoms with Gasteiger partial charge in [0.1, 0.15) is 12.2 Å². The predicted octanol–water partition coefficient (Wildman–Crippen LogP) is 3.59. The Morgan fingerprint density at radius 2 is 2.05 bits per heavy atom. The number of rotatable bonds is 4. The van der Waals surface area contributed by atoms with Crippen molar-refractivity contribution in [1.82, 2.24) is 0 Å². The van der Waals surface area contributed by atoms with Gasteiger partial charge in [-0.1, -0.05) is 30.4 Å². The number of hydrogen-bond acceptors (Lipinski definition) is 4. The van der Waals surface area contributed by atoms with Crippen molar-refractivity contribution in [3.05, 3.63) is 69.6 Å². The number of allylic oxidation sites excluding steroid dienone is 3. The number of benzene rings is 1. The lowest BCUT2D eigenvalue weighted by molar-refractivity contribution is -0.138. The number of ether oxygens (including phenoxy) is 1. The molecule has 0 saturated heterocycles. The second-order valence-corrected chi connectivity index (χ2v) is 4.97. The molecule has 1 aromatic carbocycles. The molecular formula is C18H18O4. The van der Waals surface area contributed by atoms with Crippen molar-refractivity contribution < 1.29 is 13.9 Å². The first-order chi connectivity index (χ1) is 10.5. The maximum Gasteiger partial charge on any atom is 0.336 e. The zero-order valence-corrected chi connectivity index (χ0v) is 12.9. The molecule has 0 aliphatic carbocycles. The van der Waals surface area contributed by atoms with Crippen LogP contribution in [0, 0.1) is 13.8 Å². The molecule has 0 bridgehead atoms. The molecule has 22 heavy (non-hydrogen) atoms. The summed E-state index contributed by atoms with van der Waals surface area (Å²) in [6.07, 6.45) is 6.49. The largest absolute Gasteiger partial charge is 0.458 e. The number of aryl methyl sites for hydroxylation is 2. The van der Waals surface area contributed by atoms with Gasteiger partial charge in [-0.3, -0.25) is 0 Å². The first-order valence-corrected chi connectivity index (χ1v) is 7.02. The van der Waals surface area contributed by atoms with Crippen molar-refractivity contribution in [2.45, 2.75) is 27.4 Å². The van der Waals surface area contributed by atoms with E-state index in [9.17, 15) is 9.59 Å². The Labute approximate surface area is 128 Å². The van der Waals surface area contributed by atoms with Gasteiger partial charge in [0.15, 0.2) is 0 Å². The summed E-state index contributed by atoms with van der Waals surface area (Å²) in [5.41, 5.74) is 2.69. The molecule has 0 radical (unpaired) electrons. The average Bonchev–Trinajstić information content (AvgIpc) is 2.49. The molecule has 0 spiro atoms. The molecular weight excluding hydrogens is 280 g/mol. The van der Waals surface area contributed by atoms with E-state index in [4.69, 9.17) is 9.15 Å². The van der Waals surface area contributed by atoms with E-state index in [1.165, 1.54) is 12.1 Å². The first kappa shape index (κ1) is 15.8. The molecule has 0 aliphatic rings. The number of carbonyl (C=O) groups is 1. The second kappa shape index (κ2) is 6.89. The lowest BCUT2D eigenvalue weighted by atomic mass is 10.0. The SMILES string of the molecule is C/C=C/C=C/C(=O)OCc1cc(=O)oc2c(C)c(C)ccc12. The highest BCUT2D eigenvalue weighted by atomic mass is 16.5. The zero-order chi connectivity index (χ0) is 16.1. The Bertz CT molecular complexity index is 810. The summed E-state index contributed by atoms with van der Waals surface area (Å²) in [6, 6.07) is 5.19. The van der Waals surface area contributed by atoms with Gasteiger partial charge in [-0.2, -0.15) is 0 Å². The molecule has 1 aromatic heterocycles. The zero-order valence-electron chi connectivity index (χ0n) is 12.9. The minimum Gasteiger partial charge on any atom is -0.458 e. The van der Waals surface area contributed by atoms with Crippen molar-refractivity contribution >= 4 is 16.9 Å². The smallest absolute Gasteiger partial charge is 0.336 e. The lowest BCUT2D eigenvalue weighted by Gasteiger charge is -2.08. The van der Waals surface area contributed by atoms with Crippen LogP contribution in [0.4, 0.5) is 0 Å². The molecule has 0 saturated carbocycles. The Morgan fingerprint density at radius 3 is 2.77 bits per heavy atom. The maximum absolute atomic E-state index is 11.7. The Hall–Kier alpha value is -2.62. The van der Waals surface area contributed by atoms with Crippen LogP contribution in [-0.2, 0) is 16.1 Å². The highest BCUT2D eigenvalue weighted by Crippen LogP contribution is 2.23.